The molecule has 2 atom stereocenters. The van der Waals surface area contributed by atoms with Crippen LogP contribution in [0.25, 0.3) is 0 Å². The van der Waals surface area contributed by atoms with Gasteiger partial charge in [0.05, 0.1) is 13.2 Å². The molecule has 0 radical (unpaired) electrons. The molecule has 0 bridgehead atoms. The number of carbonyl (C=O) groups is 1. The van der Waals surface area contributed by atoms with E-state index in [1.165, 1.54) is 11.1 Å². The number of ether oxygens (including phenoxy) is 1. The molecule has 0 aromatic heterocycles. The molecule has 3 rings (SSSR count). The minimum Gasteiger partial charge on any atom is -0.504 e. The summed E-state index contributed by atoms with van der Waals surface area (Å²) in [4.78, 5) is 14.5. The fraction of sp³-hybridized carbons (Fsp3) is 0.611. The molecule has 1 aliphatic carbocycles. The largest absolute Gasteiger partial charge is 0.504 e. The molecule has 132 valence electrons. The lowest BCUT2D eigenvalue weighted by molar-refractivity contribution is 0.190. The Kier molecular flexibility index (Phi) is 4.58. The number of benzene rings is 1. The maximum atomic E-state index is 12.2. The third-order valence-electron chi connectivity index (χ3n) is 5.05. The van der Waals surface area contributed by atoms with Crippen molar-refractivity contribution in [2.75, 3.05) is 20.7 Å². The summed E-state index contributed by atoms with van der Waals surface area (Å²) in [6, 6.07) is 1.92. The van der Waals surface area contributed by atoms with Crippen LogP contribution < -0.4 is 15.4 Å². The van der Waals surface area contributed by atoms with Gasteiger partial charge in [-0.1, -0.05) is 0 Å². The van der Waals surface area contributed by atoms with E-state index in [9.17, 15) is 9.90 Å². The number of hydrogen-bond donors (Lipinski definition) is 3. The maximum absolute atomic E-state index is 12.2. The summed E-state index contributed by atoms with van der Waals surface area (Å²) in [5, 5.41) is 16.6. The average molecular weight is 333 g/mol. The molecule has 1 aromatic carbocycles. The van der Waals surface area contributed by atoms with Gasteiger partial charge in [-0.05, 0) is 57.4 Å². The number of methoxy groups -OCH3 is 1. The zero-order valence-electron chi connectivity index (χ0n) is 14.8. The van der Waals surface area contributed by atoms with Crippen LogP contribution in [0, 0.1) is 0 Å². The van der Waals surface area contributed by atoms with E-state index >= 15 is 0 Å². The van der Waals surface area contributed by atoms with Crippen LogP contribution in [0.1, 0.15) is 55.5 Å². The lowest BCUT2D eigenvalue weighted by Gasteiger charge is -2.42. The second kappa shape index (κ2) is 6.51. The molecular formula is C18H27N3O3. The first kappa shape index (κ1) is 16.9. The Morgan fingerprint density at radius 2 is 2.12 bits per heavy atom. The molecule has 0 saturated heterocycles. The molecule has 2 amide bonds. The molecular weight excluding hydrogens is 306 g/mol. The van der Waals surface area contributed by atoms with Gasteiger partial charge in [-0.25, -0.2) is 4.79 Å². The second-order valence-corrected chi connectivity index (χ2v) is 7.06. The highest BCUT2D eigenvalue weighted by atomic mass is 16.5. The third-order valence-corrected chi connectivity index (χ3v) is 5.05. The van der Waals surface area contributed by atoms with Crippen molar-refractivity contribution in [2.45, 2.75) is 51.2 Å². The number of urea groups is 1. The van der Waals surface area contributed by atoms with E-state index < -0.39 is 0 Å². The van der Waals surface area contributed by atoms with Crippen LogP contribution in [-0.2, 0) is 6.42 Å². The van der Waals surface area contributed by atoms with Crippen LogP contribution in [-0.4, -0.2) is 42.8 Å². The highest BCUT2D eigenvalue weighted by Crippen LogP contribution is 2.49. The molecule has 0 fully saturated rings. The topological polar surface area (TPSA) is 73.8 Å². The fourth-order valence-electron chi connectivity index (χ4n) is 3.96. The Labute approximate surface area is 143 Å². The summed E-state index contributed by atoms with van der Waals surface area (Å²) in [5.74, 6) is 0.649. The van der Waals surface area contributed by atoms with Gasteiger partial charge in [-0.2, -0.15) is 0 Å². The van der Waals surface area contributed by atoms with Crippen molar-refractivity contribution in [3.05, 3.63) is 22.8 Å². The van der Waals surface area contributed by atoms with Crippen LogP contribution >= 0.6 is 0 Å². The van der Waals surface area contributed by atoms with E-state index in [0.29, 0.717) is 11.8 Å². The van der Waals surface area contributed by atoms with E-state index in [1.807, 2.05) is 19.9 Å². The van der Waals surface area contributed by atoms with Crippen molar-refractivity contribution < 1.29 is 14.6 Å². The van der Waals surface area contributed by atoms with E-state index in [2.05, 4.69) is 22.6 Å². The van der Waals surface area contributed by atoms with Crippen molar-refractivity contribution in [3.63, 3.8) is 0 Å². The Bertz CT molecular complexity index is 645. The summed E-state index contributed by atoms with van der Waals surface area (Å²) in [5.41, 5.74) is 3.22. The van der Waals surface area contributed by atoms with Crippen LogP contribution in [0.15, 0.2) is 6.07 Å². The molecule has 2 aliphatic rings. The van der Waals surface area contributed by atoms with Crippen LogP contribution in [0.5, 0.6) is 11.5 Å². The Hall–Kier alpha value is -1.95. The number of amides is 2. The molecule has 1 aromatic rings. The molecule has 0 spiro atoms. The van der Waals surface area contributed by atoms with E-state index in [0.717, 1.165) is 31.4 Å². The second-order valence-electron chi connectivity index (χ2n) is 7.06. The van der Waals surface area contributed by atoms with Crippen molar-refractivity contribution in [1.29, 1.82) is 0 Å². The summed E-state index contributed by atoms with van der Waals surface area (Å²) in [7, 11) is 3.69. The minimum atomic E-state index is -0.200. The van der Waals surface area contributed by atoms with Gasteiger partial charge in [0.2, 0.25) is 0 Å². The number of rotatable bonds is 3. The fourth-order valence-corrected chi connectivity index (χ4v) is 3.96. The monoisotopic (exact) mass is 333 g/mol. The first-order chi connectivity index (χ1) is 11.4. The zero-order valence-corrected chi connectivity index (χ0v) is 14.8. The van der Waals surface area contributed by atoms with Crippen LogP contribution in [0.2, 0.25) is 0 Å². The summed E-state index contributed by atoms with van der Waals surface area (Å²) in [6.45, 7) is 4.85. The summed E-state index contributed by atoms with van der Waals surface area (Å²) < 4.78 is 5.37. The molecule has 0 saturated carbocycles. The molecule has 6 nitrogen and oxygen atoms in total. The molecule has 3 N–H and O–H groups in total. The summed E-state index contributed by atoms with van der Waals surface area (Å²) >= 11 is 0. The SMILES string of the molecule is COc1cc2c3c(c1O)[C@H](NC(=O)NC(C)C)CC[C@@H]3N(C)CC2. The number of nitrogens with one attached hydrogen (secondary N) is 2. The molecule has 0 unspecified atom stereocenters. The maximum Gasteiger partial charge on any atom is 0.315 e. The number of phenols is 1. The number of nitrogens with zero attached hydrogens (tertiary/aromatic N) is 1. The van der Waals surface area contributed by atoms with Gasteiger partial charge in [-0.3, -0.25) is 4.90 Å². The Morgan fingerprint density at radius 3 is 2.79 bits per heavy atom. The number of aromatic hydroxyl groups is 1. The van der Waals surface area contributed by atoms with Crippen LogP contribution in [0.3, 0.4) is 0 Å². The molecule has 1 heterocycles. The zero-order chi connectivity index (χ0) is 17.4. The molecule has 6 heteroatoms. The van der Waals surface area contributed by atoms with Gasteiger partial charge in [0.25, 0.3) is 0 Å². The van der Waals surface area contributed by atoms with E-state index in [-0.39, 0.29) is 23.9 Å². The summed E-state index contributed by atoms with van der Waals surface area (Å²) in [6.07, 6.45) is 2.69. The van der Waals surface area contributed by atoms with Gasteiger partial charge in [0.1, 0.15) is 0 Å². The molecule has 24 heavy (non-hydrogen) atoms. The van der Waals surface area contributed by atoms with Crippen molar-refractivity contribution >= 4 is 6.03 Å². The minimum absolute atomic E-state index is 0.0697. The highest BCUT2D eigenvalue weighted by molar-refractivity contribution is 5.75. The number of hydrogen-bond acceptors (Lipinski definition) is 4. The van der Waals surface area contributed by atoms with Gasteiger partial charge in [0, 0.05) is 24.2 Å². The van der Waals surface area contributed by atoms with Crippen molar-refractivity contribution in [1.82, 2.24) is 15.5 Å². The van der Waals surface area contributed by atoms with Crippen molar-refractivity contribution in [3.8, 4) is 11.5 Å². The number of likely N-dealkylation sites (N-methyl/N-ethyl adjacent to an activating group) is 1. The number of phenolic OH excluding ortho intramolecular Hbond substituents is 1. The number of carbonyl (C=O) groups excluding carboxylic acids is 1. The van der Waals surface area contributed by atoms with E-state index in [4.69, 9.17) is 4.74 Å². The smallest absolute Gasteiger partial charge is 0.315 e. The third kappa shape index (κ3) is 2.90. The van der Waals surface area contributed by atoms with Gasteiger partial charge >= 0.3 is 6.03 Å². The first-order valence-electron chi connectivity index (χ1n) is 8.62. The average Bonchev–Trinajstić information content (AvgIpc) is 2.52. The quantitative estimate of drug-likeness (QED) is 0.794. The first-order valence-corrected chi connectivity index (χ1v) is 8.62. The lowest BCUT2D eigenvalue weighted by Crippen LogP contribution is -2.44. The molecule has 1 aliphatic heterocycles. The van der Waals surface area contributed by atoms with E-state index in [1.54, 1.807) is 7.11 Å². The standard InChI is InChI=1S/C18H27N3O3/c1-10(2)19-18(23)20-12-5-6-13-15-11(7-8-21(13)3)9-14(24-4)17(22)16(12)15/h9-10,12-13,22H,5-8H2,1-4H3,(H2,19,20,23)/t12-,13+/m1/s1. The normalized spacial score (nSPS) is 22.9. The Morgan fingerprint density at radius 1 is 1.38 bits per heavy atom. The highest BCUT2D eigenvalue weighted by Gasteiger charge is 2.38. The van der Waals surface area contributed by atoms with Gasteiger partial charge < -0.3 is 20.5 Å². The lowest BCUT2D eigenvalue weighted by atomic mass is 9.77. The van der Waals surface area contributed by atoms with Gasteiger partial charge in [0.15, 0.2) is 11.5 Å². The van der Waals surface area contributed by atoms with Crippen LogP contribution in [0.4, 0.5) is 4.79 Å². The Balaban J connectivity index is 2.02. The van der Waals surface area contributed by atoms with Crippen molar-refractivity contribution in [2.24, 2.45) is 0 Å². The predicted octanol–water partition coefficient (Wildman–Crippen LogP) is 2.47. The predicted molar refractivity (Wildman–Crippen MR) is 92.5 cm³/mol. The van der Waals surface area contributed by atoms with Gasteiger partial charge in [-0.15, -0.1) is 0 Å².